The summed E-state index contributed by atoms with van der Waals surface area (Å²) in [5, 5.41) is 5.92. The van der Waals surface area contributed by atoms with Crippen molar-refractivity contribution in [3.63, 3.8) is 0 Å². The van der Waals surface area contributed by atoms with Crippen LogP contribution in [0.15, 0.2) is 0 Å². The number of amides is 1. The van der Waals surface area contributed by atoms with Crippen molar-refractivity contribution in [1.29, 1.82) is 0 Å². The predicted molar refractivity (Wildman–Crippen MR) is 49.9 cm³/mol. The first-order chi connectivity index (χ1) is 5.31. The third-order valence-corrected chi connectivity index (χ3v) is 1.70. The third-order valence-electron chi connectivity index (χ3n) is 1.15. The molecule has 66 valence electrons. The fraction of sp³-hybridized carbons (Fsp3) is 0.857. The molecular weight excluding hydrogens is 160 g/mol. The Morgan fingerprint density at radius 2 is 2.18 bits per heavy atom. The molecule has 3 nitrogen and oxygen atoms in total. The van der Waals surface area contributed by atoms with Crippen molar-refractivity contribution in [3.05, 3.63) is 0 Å². The van der Waals surface area contributed by atoms with Crippen LogP contribution < -0.4 is 10.6 Å². The molecule has 1 amide bonds. The average Bonchev–Trinajstić information content (AvgIpc) is 1.99. The van der Waals surface area contributed by atoms with Crippen molar-refractivity contribution in [2.24, 2.45) is 0 Å². The number of rotatable bonds is 6. The first-order valence-corrected chi connectivity index (χ1v) is 5.17. The molecule has 0 unspecified atom stereocenters. The molecule has 0 fully saturated rings. The Morgan fingerprint density at radius 3 is 2.73 bits per heavy atom. The van der Waals surface area contributed by atoms with Crippen LogP contribution in [-0.2, 0) is 4.79 Å². The van der Waals surface area contributed by atoms with Gasteiger partial charge in [-0.15, -0.1) is 0 Å². The summed E-state index contributed by atoms with van der Waals surface area (Å²) in [6.45, 7) is 4.59. The summed E-state index contributed by atoms with van der Waals surface area (Å²) >= 11 is 1.54. The molecule has 0 aliphatic carbocycles. The van der Waals surface area contributed by atoms with Crippen molar-refractivity contribution in [3.8, 4) is 0 Å². The van der Waals surface area contributed by atoms with E-state index < -0.39 is 0 Å². The van der Waals surface area contributed by atoms with Gasteiger partial charge in [0.2, 0.25) is 5.91 Å². The standard InChI is InChI=1S/C7H16N2OS/c1-3-8-4-5-9-7(10)6-11-2/h8H,3-6H2,1-2H3,(H,9,10). The number of hydrogen-bond acceptors (Lipinski definition) is 3. The van der Waals surface area contributed by atoms with Gasteiger partial charge < -0.3 is 10.6 Å². The van der Waals surface area contributed by atoms with Gasteiger partial charge in [-0.1, -0.05) is 6.92 Å². The van der Waals surface area contributed by atoms with Crippen molar-refractivity contribution in [2.75, 3.05) is 31.6 Å². The molecule has 0 aromatic carbocycles. The smallest absolute Gasteiger partial charge is 0.230 e. The van der Waals surface area contributed by atoms with Crippen LogP contribution in [0.5, 0.6) is 0 Å². The average molecular weight is 176 g/mol. The van der Waals surface area contributed by atoms with Gasteiger partial charge in [0.1, 0.15) is 0 Å². The number of hydrogen-bond donors (Lipinski definition) is 2. The molecule has 11 heavy (non-hydrogen) atoms. The zero-order valence-electron chi connectivity index (χ0n) is 7.14. The second-order valence-corrected chi connectivity index (χ2v) is 3.00. The highest BCUT2D eigenvalue weighted by molar-refractivity contribution is 7.99. The van der Waals surface area contributed by atoms with Crippen LogP contribution in [0.3, 0.4) is 0 Å². The van der Waals surface area contributed by atoms with Crippen molar-refractivity contribution < 1.29 is 4.79 Å². The number of carbonyl (C=O) groups is 1. The minimum Gasteiger partial charge on any atom is -0.354 e. The van der Waals surface area contributed by atoms with Crippen LogP contribution in [0.2, 0.25) is 0 Å². The van der Waals surface area contributed by atoms with E-state index in [2.05, 4.69) is 10.6 Å². The molecule has 0 spiro atoms. The highest BCUT2D eigenvalue weighted by Gasteiger charge is 1.96. The normalized spacial score (nSPS) is 9.64. The van der Waals surface area contributed by atoms with Gasteiger partial charge in [-0.3, -0.25) is 4.79 Å². The fourth-order valence-corrected chi connectivity index (χ4v) is 1.01. The van der Waals surface area contributed by atoms with Crippen LogP contribution >= 0.6 is 11.8 Å². The lowest BCUT2D eigenvalue weighted by Crippen LogP contribution is -2.32. The first-order valence-electron chi connectivity index (χ1n) is 3.77. The second-order valence-electron chi connectivity index (χ2n) is 2.14. The van der Waals surface area contributed by atoms with Crippen LogP contribution in [0.4, 0.5) is 0 Å². The number of likely N-dealkylation sites (N-methyl/N-ethyl adjacent to an activating group) is 1. The SMILES string of the molecule is CCNCCNC(=O)CSC. The van der Waals surface area contributed by atoms with Gasteiger partial charge in [0.25, 0.3) is 0 Å². The summed E-state index contributed by atoms with van der Waals surface area (Å²) in [5.41, 5.74) is 0. The Kier molecular flexibility index (Phi) is 7.72. The van der Waals surface area contributed by atoms with E-state index in [1.54, 1.807) is 11.8 Å². The monoisotopic (exact) mass is 176 g/mol. The fourth-order valence-electron chi connectivity index (χ4n) is 0.649. The molecule has 0 aliphatic heterocycles. The van der Waals surface area contributed by atoms with Gasteiger partial charge in [0.15, 0.2) is 0 Å². The molecule has 0 radical (unpaired) electrons. The highest BCUT2D eigenvalue weighted by atomic mass is 32.2. The molecule has 0 saturated carbocycles. The van der Waals surface area contributed by atoms with Gasteiger partial charge in [-0.2, -0.15) is 11.8 Å². The quantitative estimate of drug-likeness (QED) is 0.563. The first kappa shape index (κ1) is 10.8. The van der Waals surface area contributed by atoms with E-state index in [1.807, 2.05) is 13.2 Å². The highest BCUT2D eigenvalue weighted by Crippen LogP contribution is 1.88. The maximum Gasteiger partial charge on any atom is 0.230 e. The van der Waals surface area contributed by atoms with E-state index >= 15 is 0 Å². The van der Waals surface area contributed by atoms with E-state index in [0.717, 1.165) is 19.6 Å². The van der Waals surface area contributed by atoms with Gasteiger partial charge in [0, 0.05) is 13.1 Å². The summed E-state index contributed by atoms with van der Waals surface area (Å²) < 4.78 is 0. The Balaban J connectivity index is 3.04. The molecule has 0 saturated heterocycles. The maximum absolute atomic E-state index is 10.8. The molecular formula is C7H16N2OS. The van der Waals surface area contributed by atoms with Crippen LogP contribution in [0.1, 0.15) is 6.92 Å². The molecule has 0 bridgehead atoms. The summed E-state index contributed by atoms with van der Waals surface area (Å²) in [5.74, 6) is 0.682. The van der Waals surface area contributed by atoms with Gasteiger partial charge in [-0.25, -0.2) is 0 Å². The molecule has 4 heteroatoms. The summed E-state index contributed by atoms with van der Waals surface area (Å²) in [4.78, 5) is 10.8. The van der Waals surface area contributed by atoms with Crippen molar-refractivity contribution in [2.45, 2.75) is 6.92 Å². The van der Waals surface area contributed by atoms with Crippen molar-refractivity contribution >= 4 is 17.7 Å². The molecule has 0 aromatic rings. The Labute approximate surface area is 72.3 Å². The molecule has 0 heterocycles. The van der Waals surface area contributed by atoms with Crippen molar-refractivity contribution in [1.82, 2.24) is 10.6 Å². The largest absolute Gasteiger partial charge is 0.354 e. The zero-order valence-corrected chi connectivity index (χ0v) is 7.96. The van der Waals surface area contributed by atoms with E-state index in [-0.39, 0.29) is 5.91 Å². The van der Waals surface area contributed by atoms with E-state index in [9.17, 15) is 4.79 Å². The summed E-state index contributed by atoms with van der Waals surface area (Å²) in [6, 6.07) is 0. The number of thioether (sulfide) groups is 1. The number of nitrogens with one attached hydrogen (secondary N) is 2. The van der Waals surface area contributed by atoms with Gasteiger partial charge in [-0.05, 0) is 12.8 Å². The topological polar surface area (TPSA) is 41.1 Å². The Bertz CT molecular complexity index is 109. The second kappa shape index (κ2) is 7.88. The van der Waals surface area contributed by atoms with Gasteiger partial charge in [0.05, 0.1) is 5.75 Å². The maximum atomic E-state index is 10.8. The molecule has 0 atom stereocenters. The lowest BCUT2D eigenvalue weighted by Gasteiger charge is -2.03. The minimum absolute atomic E-state index is 0.121. The Morgan fingerprint density at radius 1 is 1.45 bits per heavy atom. The molecule has 0 aromatic heterocycles. The molecule has 0 aliphatic rings. The third kappa shape index (κ3) is 7.68. The van der Waals surface area contributed by atoms with Crippen LogP contribution in [0.25, 0.3) is 0 Å². The molecule has 0 rings (SSSR count). The summed E-state index contributed by atoms with van der Waals surface area (Å²) in [6.07, 6.45) is 1.92. The zero-order chi connectivity index (χ0) is 8.53. The molecule has 2 N–H and O–H groups in total. The summed E-state index contributed by atoms with van der Waals surface area (Å²) in [7, 11) is 0. The van der Waals surface area contributed by atoms with Crippen LogP contribution in [0, 0.1) is 0 Å². The van der Waals surface area contributed by atoms with E-state index in [1.165, 1.54) is 0 Å². The number of carbonyl (C=O) groups excluding carboxylic acids is 1. The predicted octanol–water partition coefficient (Wildman–Crippen LogP) is 0.0751. The van der Waals surface area contributed by atoms with Crippen LogP contribution in [-0.4, -0.2) is 37.6 Å². The van der Waals surface area contributed by atoms with E-state index in [4.69, 9.17) is 0 Å². The lowest BCUT2D eigenvalue weighted by atomic mass is 10.5. The Hall–Kier alpha value is -0.220. The van der Waals surface area contributed by atoms with E-state index in [0.29, 0.717) is 5.75 Å². The lowest BCUT2D eigenvalue weighted by molar-refractivity contribution is -0.118. The minimum atomic E-state index is 0.121. The van der Waals surface area contributed by atoms with Gasteiger partial charge >= 0.3 is 0 Å².